The number of hydrogen-bond donors (Lipinski definition) is 0. The van der Waals surface area contributed by atoms with Crippen molar-refractivity contribution in [2.75, 3.05) is 6.61 Å². The van der Waals surface area contributed by atoms with Gasteiger partial charge in [0.2, 0.25) is 0 Å². The van der Waals surface area contributed by atoms with Crippen molar-refractivity contribution in [3.8, 4) is 5.75 Å². The molecule has 114 valence electrons. The second-order valence-corrected chi connectivity index (χ2v) is 6.28. The highest BCUT2D eigenvalue weighted by Crippen LogP contribution is 2.37. The number of aromatic nitrogens is 2. The highest BCUT2D eigenvalue weighted by Gasteiger charge is 2.25. The largest absolute Gasteiger partial charge is 0.492 e. The molecule has 2 atom stereocenters. The van der Waals surface area contributed by atoms with E-state index >= 15 is 0 Å². The van der Waals surface area contributed by atoms with E-state index in [-0.39, 0.29) is 0 Å². The van der Waals surface area contributed by atoms with Crippen molar-refractivity contribution in [3.63, 3.8) is 0 Å². The predicted octanol–water partition coefficient (Wildman–Crippen LogP) is 4.93. The third kappa shape index (κ3) is 2.76. The number of imidazole rings is 1. The zero-order valence-corrected chi connectivity index (χ0v) is 13.6. The Morgan fingerprint density at radius 3 is 2.95 bits per heavy atom. The molecule has 0 N–H and O–H groups in total. The SMILES string of the molecule is CCOc1cccc2c1nc(CCl)n2C1CCCC(C)C1. The van der Waals surface area contributed by atoms with Gasteiger partial charge in [-0.15, -0.1) is 11.6 Å². The molecule has 1 aromatic carbocycles. The second kappa shape index (κ2) is 6.27. The summed E-state index contributed by atoms with van der Waals surface area (Å²) in [4.78, 5) is 4.76. The quantitative estimate of drug-likeness (QED) is 0.749. The summed E-state index contributed by atoms with van der Waals surface area (Å²) in [5.74, 6) is 3.06. The molecule has 0 bridgehead atoms. The average Bonchev–Trinajstić information content (AvgIpc) is 2.87. The van der Waals surface area contributed by atoms with Gasteiger partial charge in [0.15, 0.2) is 0 Å². The second-order valence-electron chi connectivity index (χ2n) is 6.01. The highest BCUT2D eigenvalue weighted by molar-refractivity contribution is 6.16. The number of hydrogen-bond acceptors (Lipinski definition) is 2. The van der Waals surface area contributed by atoms with E-state index in [4.69, 9.17) is 21.3 Å². The molecular weight excluding hydrogens is 284 g/mol. The number of nitrogens with zero attached hydrogens (tertiary/aromatic N) is 2. The first-order valence-corrected chi connectivity index (χ1v) is 8.46. The molecule has 0 spiro atoms. The van der Waals surface area contributed by atoms with Crippen LogP contribution in [-0.2, 0) is 5.88 Å². The van der Waals surface area contributed by atoms with Crippen LogP contribution in [0, 0.1) is 5.92 Å². The van der Waals surface area contributed by atoms with Crippen LogP contribution in [0.4, 0.5) is 0 Å². The lowest BCUT2D eigenvalue weighted by atomic mass is 9.87. The topological polar surface area (TPSA) is 27.1 Å². The fourth-order valence-corrected chi connectivity index (χ4v) is 3.74. The van der Waals surface area contributed by atoms with Crippen molar-refractivity contribution in [2.24, 2.45) is 5.92 Å². The van der Waals surface area contributed by atoms with Gasteiger partial charge < -0.3 is 9.30 Å². The van der Waals surface area contributed by atoms with Crippen LogP contribution in [0.15, 0.2) is 18.2 Å². The summed E-state index contributed by atoms with van der Waals surface area (Å²) in [6, 6.07) is 6.70. The van der Waals surface area contributed by atoms with Crippen molar-refractivity contribution in [3.05, 3.63) is 24.0 Å². The van der Waals surface area contributed by atoms with E-state index in [9.17, 15) is 0 Å². The summed E-state index contributed by atoms with van der Waals surface area (Å²) in [5.41, 5.74) is 2.11. The Balaban J connectivity index is 2.09. The molecule has 3 rings (SSSR count). The fraction of sp³-hybridized carbons (Fsp3) is 0.588. The maximum atomic E-state index is 6.16. The minimum Gasteiger partial charge on any atom is -0.492 e. The van der Waals surface area contributed by atoms with E-state index in [0.717, 1.165) is 28.5 Å². The molecule has 1 aliphatic carbocycles. The third-order valence-corrected chi connectivity index (χ3v) is 4.69. The van der Waals surface area contributed by atoms with Gasteiger partial charge in [0.1, 0.15) is 17.1 Å². The number of alkyl halides is 1. The summed E-state index contributed by atoms with van der Waals surface area (Å²) in [6.07, 6.45) is 5.06. The average molecular weight is 307 g/mol. The molecule has 0 aliphatic heterocycles. The Labute approximate surface area is 131 Å². The fourth-order valence-electron chi connectivity index (χ4n) is 3.55. The maximum Gasteiger partial charge on any atom is 0.147 e. The lowest BCUT2D eigenvalue weighted by Gasteiger charge is -2.29. The summed E-state index contributed by atoms with van der Waals surface area (Å²) in [5, 5.41) is 0. The minimum atomic E-state index is 0.450. The number of rotatable bonds is 4. The molecule has 2 aromatic rings. The molecule has 3 nitrogen and oxygen atoms in total. The lowest BCUT2D eigenvalue weighted by Crippen LogP contribution is -2.19. The van der Waals surface area contributed by atoms with E-state index < -0.39 is 0 Å². The van der Waals surface area contributed by atoms with Gasteiger partial charge in [0.25, 0.3) is 0 Å². The van der Waals surface area contributed by atoms with E-state index in [0.29, 0.717) is 18.5 Å². The molecule has 21 heavy (non-hydrogen) atoms. The lowest BCUT2D eigenvalue weighted by molar-refractivity contribution is 0.283. The Morgan fingerprint density at radius 1 is 1.38 bits per heavy atom. The molecule has 4 heteroatoms. The summed E-state index contributed by atoms with van der Waals surface area (Å²) >= 11 is 6.16. The van der Waals surface area contributed by atoms with Crippen LogP contribution in [0.2, 0.25) is 0 Å². The first-order chi connectivity index (χ1) is 10.2. The van der Waals surface area contributed by atoms with Gasteiger partial charge in [0, 0.05) is 6.04 Å². The van der Waals surface area contributed by atoms with E-state index in [2.05, 4.69) is 23.6 Å². The molecule has 2 unspecified atom stereocenters. The number of ether oxygens (including phenoxy) is 1. The minimum absolute atomic E-state index is 0.450. The zero-order chi connectivity index (χ0) is 14.8. The normalized spacial score (nSPS) is 22.6. The van der Waals surface area contributed by atoms with Crippen molar-refractivity contribution in [1.82, 2.24) is 9.55 Å². The van der Waals surface area contributed by atoms with E-state index in [1.807, 2.05) is 13.0 Å². The molecule has 1 saturated carbocycles. The zero-order valence-electron chi connectivity index (χ0n) is 12.8. The van der Waals surface area contributed by atoms with Crippen LogP contribution in [-0.4, -0.2) is 16.2 Å². The highest BCUT2D eigenvalue weighted by atomic mass is 35.5. The summed E-state index contributed by atoms with van der Waals surface area (Å²) < 4.78 is 8.08. The molecule has 1 aromatic heterocycles. The molecular formula is C17H23ClN2O. The number of benzene rings is 1. The van der Waals surface area contributed by atoms with Crippen LogP contribution in [0.25, 0.3) is 11.0 Å². The number of halogens is 1. The Bertz CT molecular complexity index is 623. The standard InChI is InChI=1S/C17H23ClN2O/c1-3-21-15-9-5-8-14-17(15)19-16(11-18)20(14)13-7-4-6-12(2)10-13/h5,8-9,12-13H,3-4,6-7,10-11H2,1-2H3. The van der Waals surface area contributed by atoms with Crippen LogP contribution in [0.1, 0.15) is 51.4 Å². The van der Waals surface area contributed by atoms with Crippen LogP contribution >= 0.6 is 11.6 Å². The van der Waals surface area contributed by atoms with Gasteiger partial charge >= 0.3 is 0 Å². The Kier molecular flexibility index (Phi) is 4.39. The van der Waals surface area contributed by atoms with Gasteiger partial charge in [0.05, 0.1) is 18.0 Å². The number of para-hydroxylation sites is 1. The summed E-state index contributed by atoms with van der Waals surface area (Å²) in [6.45, 7) is 5.00. The molecule has 0 radical (unpaired) electrons. The third-order valence-electron chi connectivity index (χ3n) is 4.45. The smallest absolute Gasteiger partial charge is 0.147 e. The Morgan fingerprint density at radius 2 is 2.24 bits per heavy atom. The predicted molar refractivity (Wildman–Crippen MR) is 87.1 cm³/mol. The van der Waals surface area contributed by atoms with Crippen LogP contribution in [0.5, 0.6) is 5.75 Å². The van der Waals surface area contributed by atoms with Crippen LogP contribution < -0.4 is 4.74 Å². The molecule has 1 heterocycles. The Hall–Kier alpha value is -1.22. The van der Waals surface area contributed by atoms with E-state index in [1.54, 1.807) is 0 Å². The van der Waals surface area contributed by atoms with Crippen molar-refractivity contribution in [1.29, 1.82) is 0 Å². The number of fused-ring (bicyclic) bond motifs is 1. The first kappa shape index (κ1) is 14.7. The van der Waals surface area contributed by atoms with Crippen molar-refractivity contribution in [2.45, 2.75) is 51.5 Å². The van der Waals surface area contributed by atoms with Crippen LogP contribution in [0.3, 0.4) is 0 Å². The van der Waals surface area contributed by atoms with E-state index in [1.165, 1.54) is 25.7 Å². The summed E-state index contributed by atoms with van der Waals surface area (Å²) in [7, 11) is 0. The molecule has 1 aliphatic rings. The van der Waals surface area contributed by atoms with Gasteiger partial charge in [-0.3, -0.25) is 0 Å². The van der Waals surface area contributed by atoms with Gasteiger partial charge in [-0.25, -0.2) is 4.98 Å². The molecule has 1 fully saturated rings. The van der Waals surface area contributed by atoms with Gasteiger partial charge in [-0.1, -0.05) is 25.8 Å². The van der Waals surface area contributed by atoms with Crippen molar-refractivity contribution < 1.29 is 4.74 Å². The molecule has 0 amide bonds. The van der Waals surface area contributed by atoms with Gasteiger partial charge in [-0.05, 0) is 37.8 Å². The first-order valence-electron chi connectivity index (χ1n) is 7.93. The molecule has 0 saturated heterocycles. The van der Waals surface area contributed by atoms with Gasteiger partial charge in [-0.2, -0.15) is 0 Å². The maximum absolute atomic E-state index is 6.16. The monoisotopic (exact) mass is 306 g/mol. The van der Waals surface area contributed by atoms with Crippen molar-refractivity contribution >= 4 is 22.6 Å².